The first-order valence-electron chi connectivity index (χ1n) is 8.23. The molecule has 7 nitrogen and oxygen atoms in total. The lowest BCUT2D eigenvalue weighted by Crippen LogP contribution is -2.46. The maximum absolute atomic E-state index is 12.4. The molecule has 0 radical (unpaired) electrons. The lowest BCUT2D eigenvalue weighted by molar-refractivity contribution is 0.183. The second-order valence-corrected chi connectivity index (χ2v) is 8.24. The molecule has 1 aliphatic rings. The molecule has 1 N–H and O–H groups in total. The van der Waals surface area contributed by atoms with Crippen molar-refractivity contribution in [3.8, 4) is 11.5 Å². The number of sulfone groups is 1. The van der Waals surface area contributed by atoms with E-state index in [0.717, 1.165) is 5.56 Å². The first kappa shape index (κ1) is 17.5. The van der Waals surface area contributed by atoms with Gasteiger partial charge in [0.2, 0.25) is 5.89 Å². The standard InChI is InChI=1S/C17H21N3O4S/c1-2-20(15-8-9-25(22,23)12-15)17(21)18-10-14-11-24-16(19-14)13-6-4-3-5-7-13/h3-7,11,15H,2,8-10,12H2,1H3,(H,18,21)/t15-/m0/s1. The van der Waals surface area contributed by atoms with Crippen LogP contribution in [-0.2, 0) is 16.4 Å². The Balaban J connectivity index is 1.59. The third kappa shape index (κ3) is 4.19. The number of oxazole rings is 1. The van der Waals surface area contributed by atoms with Gasteiger partial charge >= 0.3 is 6.03 Å². The summed E-state index contributed by atoms with van der Waals surface area (Å²) >= 11 is 0. The van der Waals surface area contributed by atoms with Crippen LogP contribution in [0.4, 0.5) is 4.79 Å². The van der Waals surface area contributed by atoms with Gasteiger partial charge in [0.1, 0.15) is 6.26 Å². The fraction of sp³-hybridized carbons (Fsp3) is 0.412. The lowest BCUT2D eigenvalue weighted by atomic mass is 10.2. The van der Waals surface area contributed by atoms with Crippen molar-refractivity contribution in [1.82, 2.24) is 15.2 Å². The molecule has 1 saturated heterocycles. The van der Waals surface area contributed by atoms with E-state index in [9.17, 15) is 13.2 Å². The zero-order chi connectivity index (χ0) is 17.9. The average Bonchev–Trinajstić information content (AvgIpc) is 3.21. The molecule has 8 heteroatoms. The highest BCUT2D eigenvalue weighted by Gasteiger charge is 2.33. The third-order valence-electron chi connectivity index (χ3n) is 4.24. The van der Waals surface area contributed by atoms with E-state index in [0.29, 0.717) is 24.6 Å². The zero-order valence-electron chi connectivity index (χ0n) is 14.0. The Morgan fingerprint density at radius 2 is 2.12 bits per heavy atom. The van der Waals surface area contributed by atoms with Crippen LogP contribution in [0.5, 0.6) is 0 Å². The highest BCUT2D eigenvalue weighted by molar-refractivity contribution is 7.91. The van der Waals surface area contributed by atoms with Crippen LogP contribution >= 0.6 is 0 Å². The molecule has 2 aromatic rings. The number of hydrogen-bond donors (Lipinski definition) is 1. The second kappa shape index (κ2) is 7.26. The number of rotatable bonds is 5. The molecule has 0 aliphatic carbocycles. The second-order valence-electron chi connectivity index (χ2n) is 6.01. The minimum atomic E-state index is -3.03. The van der Waals surface area contributed by atoms with Gasteiger partial charge in [0.25, 0.3) is 0 Å². The summed E-state index contributed by atoms with van der Waals surface area (Å²) in [6.07, 6.45) is 2.00. The van der Waals surface area contributed by atoms with Gasteiger partial charge in [0.05, 0.1) is 23.7 Å². The van der Waals surface area contributed by atoms with E-state index in [-0.39, 0.29) is 30.1 Å². The maximum Gasteiger partial charge on any atom is 0.317 e. The number of nitrogens with zero attached hydrogens (tertiary/aromatic N) is 2. The predicted molar refractivity (Wildman–Crippen MR) is 93.6 cm³/mol. The van der Waals surface area contributed by atoms with Crippen molar-refractivity contribution in [3.63, 3.8) is 0 Å². The van der Waals surface area contributed by atoms with E-state index in [1.807, 2.05) is 37.3 Å². The van der Waals surface area contributed by atoms with E-state index in [1.165, 1.54) is 6.26 Å². The lowest BCUT2D eigenvalue weighted by Gasteiger charge is -2.26. The molecule has 1 aliphatic heterocycles. The van der Waals surface area contributed by atoms with E-state index in [2.05, 4.69) is 10.3 Å². The van der Waals surface area contributed by atoms with Crippen molar-refractivity contribution in [1.29, 1.82) is 0 Å². The summed E-state index contributed by atoms with van der Waals surface area (Å²) in [7, 11) is -3.03. The highest BCUT2D eigenvalue weighted by Crippen LogP contribution is 2.19. The van der Waals surface area contributed by atoms with Gasteiger partial charge in [-0.05, 0) is 25.5 Å². The maximum atomic E-state index is 12.4. The van der Waals surface area contributed by atoms with E-state index in [1.54, 1.807) is 4.90 Å². The Hall–Kier alpha value is -2.35. The molecular formula is C17H21N3O4S. The number of amides is 2. The number of nitrogens with one attached hydrogen (secondary N) is 1. The monoisotopic (exact) mass is 363 g/mol. The topological polar surface area (TPSA) is 92.5 Å². The molecule has 0 unspecified atom stereocenters. The van der Waals surface area contributed by atoms with Crippen molar-refractivity contribution in [3.05, 3.63) is 42.3 Å². The molecule has 2 heterocycles. The molecule has 2 amide bonds. The van der Waals surface area contributed by atoms with Crippen molar-refractivity contribution < 1.29 is 17.6 Å². The van der Waals surface area contributed by atoms with Crippen LogP contribution in [0.15, 0.2) is 41.0 Å². The van der Waals surface area contributed by atoms with Crippen LogP contribution in [-0.4, -0.2) is 48.4 Å². The van der Waals surface area contributed by atoms with Crippen LogP contribution in [0, 0.1) is 0 Å². The minimum Gasteiger partial charge on any atom is -0.444 e. The quantitative estimate of drug-likeness (QED) is 0.878. The van der Waals surface area contributed by atoms with Crippen molar-refractivity contribution in [2.24, 2.45) is 0 Å². The minimum absolute atomic E-state index is 0.0381. The molecule has 1 atom stereocenters. The Kier molecular flexibility index (Phi) is 5.08. The van der Waals surface area contributed by atoms with Crippen molar-refractivity contribution in [2.75, 3.05) is 18.1 Å². The molecule has 1 fully saturated rings. The summed E-state index contributed by atoms with van der Waals surface area (Å²) in [6.45, 7) is 2.53. The van der Waals surface area contributed by atoms with E-state index < -0.39 is 9.84 Å². The fourth-order valence-electron chi connectivity index (χ4n) is 2.96. The summed E-state index contributed by atoms with van der Waals surface area (Å²) in [5.41, 5.74) is 1.48. The third-order valence-corrected chi connectivity index (χ3v) is 5.99. The first-order chi connectivity index (χ1) is 12.0. The summed E-state index contributed by atoms with van der Waals surface area (Å²) in [4.78, 5) is 18.3. The number of aromatic nitrogens is 1. The Morgan fingerprint density at radius 1 is 1.36 bits per heavy atom. The number of carbonyl (C=O) groups is 1. The van der Waals surface area contributed by atoms with Gasteiger partial charge in [0.15, 0.2) is 9.84 Å². The summed E-state index contributed by atoms with van der Waals surface area (Å²) in [5.74, 6) is 0.681. The first-order valence-corrected chi connectivity index (χ1v) is 10.1. The summed E-state index contributed by atoms with van der Waals surface area (Å²) < 4.78 is 28.7. The Labute approximate surface area is 147 Å². The molecule has 0 saturated carbocycles. The summed E-state index contributed by atoms with van der Waals surface area (Å²) in [5, 5.41) is 2.79. The molecule has 134 valence electrons. The van der Waals surface area contributed by atoms with Gasteiger partial charge in [-0.25, -0.2) is 18.2 Å². The highest BCUT2D eigenvalue weighted by atomic mass is 32.2. The normalized spacial score (nSPS) is 18.8. The fourth-order valence-corrected chi connectivity index (χ4v) is 4.69. The van der Waals surface area contributed by atoms with Gasteiger partial charge < -0.3 is 14.6 Å². The smallest absolute Gasteiger partial charge is 0.317 e. The van der Waals surface area contributed by atoms with Crippen LogP contribution in [0.3, 0.4) is 0 Å². The van der Waals surface area contributed by atoms with Crippen LogP contribution in [0.25, 0.3) is 11.5 Å². The molecule has 3 rings (SSSR count). The van der Waals surface area contributed by atoms with Crippen molar-refractivity contribution in [2.45, 2.75) is 25.9 Å². The summed E-state index contributed by atoms with van der Waals surface area (Å²) in [6, 6.07) is 8.96. The number of carbonyl (C=O) groups excluding carboxylic acids is 1. The number of urea groups is 1. The molecule has 1 aromatic carbocycles. The van der Waals surface area contributed by atoms with E-state index >= 15 is 0 Å². The van der Waals surface area contributed by atoms with Crippen molar-refractivity contribution >= 4 is 15.9 Å². The van der Waals surface area contributed by atoms with Gasteiger partial charge in [-0.15, -0.1) is 0 Å². The molecule has 0 bridgehead atoms. The van der Waals surface area contributed by atoms with Crippen LogP contribution in [0.1, 0.15) is 19.0 Å². The zero-order valence-corrected chi connectivity index (χ0v) is 14.8. The van der Waals surface area contributed by atoms with E-state index in [4.69, 9.17) is 4.42 Å². The Bertz CT molecular complexity index is 833. The average molecular weight is 363 g/mol. The molecule has 25 heavy (non-hydrogen) atoms. The predicted octanol–water partition coefficient (Wildman–Crippen LogP) is 2.06. The van der Waals surface area contributed by atoms with Gasteiger partial charge in [-0.2, -0.15) is 0 Å². The Morgan fingerprint density at radius 3 is 2.76 bits per heavy atom. The van der Waals surface area contributed by atoms with Gasteiger partial charge in [0, 0.05) is 18.2 Å². The van der Waals surface area contributed by atoms with Gasteiger partial charge in [-0.1, -0.05) is 18.2 Å². The number of hydrogen-bond acceptors (Lipinski definition) is 5. The number of benzene rings is 1. The van der Waals surface area contributed by atoms with Crippen LogP contribution < -0.4 is 5.32 Å². The molecular weight excluding hydrogens is 342 g/mol. The van der Waals surface area contributed by atoms with Crippen LogP contribution in [0.2, 0.25) is 0 Å². The largest absolute Gasteiger partial charge is 0.444 e. The molecule has 0 spiro atoms. The SMILES string of the molecule is CCN(C(=O)NCc1coc(-c2ccccc2)n1)[C@H]1CCS(=O)(=O)C1. The van der Waals surface area contributed by atoms with Gasteiger partial charge in [-0.3, -0.25) is 0 Å². The molecule has 1 aromatic heterocycles.